The van der Waals surface area contributed by atoms with Crippen molar-refractivity contribution in [2.75, 3.05) is 18.9 Å². The van der Waals surface area contributed by atoms with Gasteiger partial charge in [-0.05, 0) is 12.3 Å². The van der Waals surface area contributed by atoms with Gasteiger partial charge in [-0.2, -0.15) is 0 Å². The summed E-state index contributed by atoms with van der Waals surface area (Å²) in [5.74, 6) is 0.774. The number of anilines is 1. The molecule has 1 aliphatic heterocycles. The van der Waals surface area contributed by atoms with Crippen molar-refractivity contribution in [3.8, 4) is 0 Å². The number of likely N-dealkylation sites (tertiary alicyclic amines) is 1. The number of carbonyl (C=O) groups excluding carboxylic acids is 1. The minimum absolute atomic E-state index is 0.249. The highest BCUT2D eigenvalue weighted by atomic mass is 32.1. The second-order valence-electron chi connectivity index (χ2n) is 4.43. The van der Waals surface area contributed by atoms with Gasteiger partial charge < -0.3 is 10.2 Å². The van der Waals surface area contributed by atoms with Crippen molar-refractivity contribution < 1.29 is 4.79 Å². The van der Waals surface area contributed by atoms with Crippen molar-refractivity contribution >= 4 is 22.4 Å². The molecule has 0 saturated carbocycles. The number of aromatic nitrogens is 2. The summed E-state index contributed by atoms with van der Waals surface area (Å²) in [7, 11) is 1.85. The van der Waals surface area contributed by atoms with Gasteiger partial charge in [0.15, 0.2) is 0 Å². The predicted molar refractivity (Wildman–Crippen MR) is 67.9 cm³/mol. The van der Waals surface area contributed by atoms with E-state index < -0.39 is 0 Å². The average Bonchev–Trinajstić information content (AvgIpc) is 2.88. The fourth-order valence-electron chi connectivity index (χ4n) is 2.29. The minimum atomic E-state index is 0.249. The second kappa shape index (κ2) is 5.44. The van der Waals surface area contributed by atoms with Gasteiger partial charge in [0, 0.05) is 31.5 Å². The maximum Gasteiger partial charge on any atom is 0.223 e. The molecule has 6 heteroatoms. The Hall–Kier alpha value is -1.17. The van der Waals surface area contributed by atoms with E-state index in [4.69, 9.17) is 0 Å². The maximum atomic E-state index is 11.8. The number of rotatable bonds is 5. The minimum Gasteiger partial charge on any atom is -0.377 e. The number of nitrogens with zero attached hydrogens (tertiary/aromatic N) is 3. The molecule has 1 aliphatic rings. The van der Waals surface area contributed by atoms with Gasteiger partial charge in [0.05, 0.1) is 6.54 Å². The van der Waals surface area contributed by atoms with Crippen LogP contribution in [-0.4, -0.2) is 34.0 Å². The summed E-state index contributed by atoms with van der Waals surface area (Å²) >= 11 is 1.34. The molecule has 1 atom stereocenters. The molecule has 94 valence electrons. The average molecular weight is 254 g/mol. The zero-order chi connectivity index (χ0) is 12.3. The predicted octanol–water partition coefficient (Wildman–Crippen LogP) is 1.73. The summed E-state index contributed by atoms with van der Waals surface area (Å²) in [5.41, 5.74) is 0.878. The second-order valence-corrected chi connectivity index (χ2v) is 5.19. The first-order chi connectivity index (χ1) is 8.24. The van der Waals surface area contributed by atoms with Gasteiger partial charge in [-0.25, -0.2) is 0 Å². The smallest absolute Gasteiger partial charge is 0.223 e. The molecule has 2 rings (SSSR count). The first-order valence-corrected chi connectivity index (χ1v) is 6.78. The van der Waals surface area contributed by atoms with Crippen LogP contribution in [0.3, 0.4) is 0 Å². The quantitative estimate of drug-likeness (QED) is 0.869. The molecule has 1 aromatic rings. The molecule has 2 heterocycles. The van der Waals surface area contributed by atoms with Crippen LogP contribution >= 0.6 is 11.5 Å². The van der Waals surface area contributed by atoms with Crippen molar-refractivity contribution in [2.24, 2.45) is 5.92 Å². The number of carbonyl (C=O) groups is 1. The van der Waals surface area contributed by atoms with Crippen molar-refractivity contribution in [1.29, 1.82) is 0 Å². The molecule has 17 heavy (non-hydrogen) atoms. The number of hydrogen-bond donors (Lipinski definition) is 1. The monoisotopic (exact) mass is 254 g/mol. The third-order valence-electron chi connectivity index (χ3n) is 3.11. The van der Waals surface area contributed by atoms with Crippen LogP contribution in [0.2, 0.25) is 0 Å². The third kappa shape index (κ3) is 2.74. The fourth-order valence-corrected chi connectivity index (χ4v) is 2.81. The highest BCUT2D eigenvalue weighted by Crippen LogP contribution is 2.26. The van der Waals surface area contributed by atoms with E-state index in [-0.39, 0.29) is 5.91 Å². The zero-order valence-corrected chi connectivity index (χ0v) is 11.1. The summed E-state index contributed by atoms with van der Waals surface area (Å²) in [6, 6.07) is 0. The number of hydrogen-bond acceptors (Lipinski definition) is 5. The van der Waals surface area contributed by atoms with Crippen molar-refractivity contribution in [3.05, 3.63) is 5.69 Å². The Labute approximate surface area is 105 Å². The SMILES string of the molecule is CCCC1CC(=O)N(Cc2nnsc2NC)C1. The molecule has 1 saturated heterocycles. The van der Waals surface area contributed by atoms with Gasteiger partial charge in [0.25, 0.3) is 0 Å². The standard InChI is InChI=1S/C11H18N4OS/c1-3-4-8-5-10(16)15(6-8)7-9-11(12-2)17-14-13-9/h8,12H,3-7H2,1-2H3. The number of nitrogens with one attached hydrogen (secondary N) is 1. The van der Waals surface area contributed by atoms with Gasteiger partial charge in [0.2, 0.25) is 5.91 Å². The van der Waals surface area contributed by atoms with Crippen molar-refractivity contribution in [1.82, 2.24) is 14.5 Å². The lowest BCUT2D eigenvalue weighted by Gasteiger charge is -2.15. The Balaban J connectivity index is 1.98. The van der Waals surface area contributed by atoms with E-state index in [0.717, 1.165) is 30.1 Å². The largest absolute Gasteiger partial charge is 0.377 e. The summed E-state index contributed by atoms with van der Waals surface area (Å²) in [4.78, 5) is 13.7. The van der Waals surface area contributed by atoms with Crippen LogP contribution in [0.5, 0.6) is 0 Å². The zero-order valence-electron chi connectivity index (χ0n) is 10.3. The van der Waals surface area contributed by atoms with Crippen LogP contribution in [0.4, 0.5) is 5.00 Å². The van der Waals surface area contributed by atoms with E-state index in [1.807, 2.05) is 11.9 Å². The van der Waals surface area contributed by atoms with Crippen LogP contribution in [0.25, 0.3) is 0 Å². The summed E-state index contributed by atoms with van der Waals surface area (Å²) in [6.07, 6.45) is 2.97. The fraction of sp³-hybridized carbons (Fsp3) is 0.727. The van der Waals surface area contributed by atoms with Gasteiger partial charge in [-0.15, -0.1) is 5.10 Å². The highest BCUT2D eigenvalue weighted by Gasteiger charge is 2.29. The lowest BCUT2D eigenvalue weighted by Crippen LogP contribution is -2.25. The van der Waals surface area contributed by atoms with E-state index in [2.05, 4.69) is 21.8 Å². The van der Waals surface area contributed by atoms with E-state index >= 15 is 0 Å². The molecular formula is C11H18N4OS. The first kappa shape index (κ1) is 12.3. The van der Waals surface area contributed by atoms with E-state index in [9.17, 15) is 4.79 Å². The molecule has 0 radical (unpaired) electrons. The molecule has 1 amide bonds. The molecule has 0 aliphatic carbocycles. The number of amides is 1. The molecule has 1 unspecified atom stereocenters. The molecule has 0 aromatic carbocycles. The van der Waals surface area contributed by atoms with Crippen LogP contribution in [-0.2, 0) is 11.3 Å². The van der Waals surface area contributed by atoms with Gasteiger partial charge in [-0.3, -0.25) is 4.79 Å². The molecule has 1 N–H and O–H groups in total. The lowest BCUT2D eigenvalue weighted by molar-refractivity contribution is -0.128. The van der Waals surface area contributed by atoms with Gasteiger partial charge >= 0.3 is 0 Å². The Morgan fingerprint density at radius 1 is 1.59 bits per heavy atom. The van der Waals surface area contributed by atoms with Gasteiger partial charge in [-0.1, -0.05) is 17.8 Å². The Bertz CT molecular complexity index is 393. The van der Waals surface area contributed by atoms with E-state index in [0.29, 0.717) is 18.9 Å². The van der Waals surface area contributed by atoms with Crippen LogP contribution in [0.1, 0.15) is 31.9 Å². The van der Waals surface area contributed by atoms with E-state index in [1.165, 1.54) is 11.5 Å². The van der Waals surface area contributed by atoms with Gasteiger partial charge in [0.1, 0.15) is 10.7 Å². The Morgan fingerprint density at radius 3 is 3.12 bits per heavy atom. The normalized spacial score (nSPS) is 20.0. The molecule has 1 aromatic heterocycles. The molecule has 5 nitrogen and oxygen atoms in total. The first-order valence-electron chi connectivity index (χ1n) is 6.01. The van der Waals surface area contributed by atoms with E-state index in [1.54, 1.807) is 0 Å². The summed E-state index contributed by atoms with van der Waals surface area (Å²) in [5, 5.41) is 8.08. The lowest BCUT2D eigenvalue weighted by atomic mass is 10.0. The van der Waals surface area contributed by atoms with Crippen LogP contribution < -0.4 is 5.32 Å². The molecule has 0 spiro atoms. The van der Waals surface area contributed by atoms with Crippen molar-refractivity contribution in [2.45, 2.75) is 32.7 Å². The molecule has 0 bridgehead atoms. The topological polar surface area (TPSA) is 58.1 Å². The maximum absolute atomic E-state index is 11.8. The summed E-state index contributed by atoms with van der Waals surface area (Å²) in [6.45, 7) is 3.62. The Morgan fingerprint density at radius 2 is 2.41 bits per heavy atom. The van der Waals surface area contributed by atoms with Crippen LogP contribution in [0.15, 0.2) is 0 Å². The third-order valence-corrected chi connectivity index (χ3v) is 3.90. The molecular weight excluding hydrogens is 236 g/mol. The summed E-state index contributed by atoms with van der Waals surface area (Å²) < 4.78 is 3.91. The van der Waals surface area contributed by atoms with Crippen molar-refractivity contribution in [3.63, 3.8) is 0 Å². The highest BCUT2D eigenvalue weighted by molar-refractivity contribution is 7.10. The Kier molecular flexibility index (Phi) is 3.93. The van der Waals surface area contributed by atoms with Crippen LogP contribution in [0, 0.1) is 5.92 Å². The molecule has 1 fully saturated rings.